The zero-order valence-corrected chi connectivity index (χ0v) is 30.0. The van der Waals surface area contributed by atoms with Gasteiger partial charge in [0.2, 0.25) is 11.8 Å². The van der Waals surface area contributed by atoms with Crippen LogP contribution in [0.15, 0.2) is 65.6 Å². The summed E-state index contributed by atoms with van der Waals surface area (Å²) in [6.07, 6.45) is 5.44. The highest BCUT2D eigenvalue weighted by Gasteiger charge is 2.49. The zero-order chi connectivity index (χ0) is 35.3. The molecule has 5 heterocycles. The van der Waals surface area contributed by atoms with Crippen LogP contribution in [0.25, 0.3) is 39.0 Å². The van der Waals surface area contributed by atoms with Gasteiger partial charge in [-0.1, -0.05) is 65.7 Å². The Bertz CT molecular complexity index is 2200. The molecule has 11 nitrogen and oxygen atoms in total. The minimum Gasteiger partial charge on any atom is -0.481 e. The average Bonchev–Trinajstić information content (AvgIpc) is 3.72. The Hall–Kier alpha value is -4.26. The van der Waals surface area contributed by atoms with Gasteiger partial charge >= 0.3 is 0 Å². The second-order valence-corrected chi connectivity index (χ2v) is 14.7. The average molecular weight is 729 g/mol. The third kappa shape index (κ3) is 6.42. The molecule has 51 heavy (non-hydrogen) atoms. The molecule has 3 aromatic heterocycles. The second kappa shape index (κ2) is 13.7. The molecule has 1 amide bonds. The Kier molecular flexibility index (Phi) is 9.10. The van der Waals surface area contributed by atoms with E-state index in [4.69, 9.17) is 42.8 Å². The van der Waals surface area contributed by atoms with Crippen LogP contribution in [0.3, 0.4) is 0 Å². The topological polar surface area (TPSA) is 124 Å². The van der Waals surface area contributed by atoms with Gasteiger partial charge in [0, 0.05) is 83.6 Å². The molecule has 0 radical (unpaired) electrons. The fourth-order valence-electron chi connectivity index (χ4n) is 7.51. The Morgan fingerprint density at radius 2 is 1.73 bits per heavy atom. The second-order valence-electron chi connectivity index (χ2n) is 14.0. The number of carbonyl (C=O) groups is 1. The molecule has 264 valence electrons. The number of carbonyl (C=O) groups excluding carboxylic acids is 1. The van der Waals surface area contributed by atoms with Crippen molar-refractivity contribution in [3.63, 3.8) is 0 Å². The molecule has 1 atom stereocenters. The maximum absolute atomic E-state index is 13.4. The lowest BCUT2D eigenvalue weighted by Crippen LogP contribution is -2.58. The Morgan fingerprint density at radius 1 is 1.00 bits per heavy atom. The predicted octanol–water partition coefficient (Wildman–Crippen LogP) is 5.38. The fraction of sp³-hybridized carbons (Fsp3) is 0.368. The van der Waals surface area contributed by atoms with Gasteiger partial charge in [-0.2, -0.15) is 5.10 Å². The number of benzene rings is 2. The van der Waals surface area contributed by atoms with Crippen LogP contribution in [0.2, 0.25) is 10.0 Å². The molecule has 2 aliphatic heterocycles. The van der Waals surface area contributed by atoms with Crippen molar-refractivity contribution in [2.75, 3.05) is 26.9 Å². The van der Waals surface area contributed by atoms with E-state index in [1.165, 1.54) is 0 Å². The Labute approximate surface area is 305 Å². The summed E-state index contributed by atoms with van der Waals surface area (Å²) in [5.74, 6) is 1.26. The first kappa shape index (κ1) is 33.9. The molecule has 8 rings (SSSR count). The fourth-order valence-corrected chi connectivity index (χ4v) is 8.17. The smallest absolute Gasteiger partial charge is 0.277 e. The first-order valence-electron chi connectivity index (χ1n) is 17.2. The number of halogens is 2. The molecular weight excluding hydrogens is 689 g/mol. The minimum atomic E-state index is -0.124. The molecule has 3 fully saturated rings. The number of hydrogen-bond donors (Lipinski definition) is 3. The van der Waals surface area contributed by atoms with E-state index >= 15 is 0 Å². The van der Waals surface area contributed by atoms with Gasteiger partial charge in [-0.3, -0.25) is 14.2 Å². The van der Waals surface area contributed by atoms with Crippen molar-refractivity contribution >= 4 is 34.6 Å². The number of amides is 1. The number of aromatic nitrogens is 4. The third-order valence-corrected chi connectivity index (χ3v) is 11.3. The quantitative estimate of drug-likeness (QED) is 0.166. The van der Waals surface area contributed by atoms with Crippen molar-refractivity contribution in [2.45, 2.75) is 50.9 Å². The van der Waals surface area contributed by atoms with E-state index in [2.05, 4.69) is 16.0 Å². The van der Waals surface area contributed by atoms with Gasteiger partial charge in [-0.15, -0.1) is 0 Å². The van der Waals surface area contributed by atoms with Gasteiger partial charge in [0.05, 0.1) is 42.6 Å². The highest BCUT2D eigenvalue weighted by molar-refractivity contribution is 6.39. The summed E-state index contributed by atoms with van der Waals surface area (Å²) >= 11 is 14.2. The predicted molar refractivity (Wildman–Crippen MR) is 197 cm³/mol. The standard InChI is InChI=1S/C38H39Cl2N7O4/c1-46-32(18-42-25-14-38(15-25)20-51-21-38)45-47-19-23(13-31(47)37(46)49)26-5-3-6-27(34(26)39)28-7-4-8-29(35(28)40)30-11-9-22(36(44-30)50-2)16-41-17-24-10-12-33(48)43-24/h3-9,11,13,19,24-25,41-42H,10,12,14-18,20-21H2,1-2H3,(H,43,48). The number of nitrogens with one attached hydrogen (secondary N) is 3. The van der Waals surface area contributed by atoms with E-state index in [0.29, 0.717) is 70.5 Å². The van der Waals surface area contributed by atoms with E-state index < -0.39 is 0 Å². The van der Waals surface area contributed by atoms with E-state index in [0.717, 1.165) is 65.9 Å². The van der Waals surface area contributed by atoms with Crippen molar-refractivity contribution in [1.82, 2.24) is 35.1 Å². The maximum atomic E-state index is 13.4. The minimum absolute atomic E-state index is 0.0970. The van der Waals surface area contributed by atoms with Gasteiger partial charge in [0.25, 0.3) is 5.56 Å². The number of pyridine rings is 1. The van der Waals surface area contributed by atoms with Crippen LogP contribution in [0.1, 0.15) is 37.1 Å². The lowest BCUT2D eigenvalue weighted by molar-refractivity contribution is -0.167. The Morgan fingerprint density at radius 3 is 2.41 bits per heavy atom. The molecule has 3 N–H and O–H groups in total. The molecule has 13 heteroatoms. The van der Waals surface area contributed by atoms with Gasteiger partial charge in [-0.05, 0) is 31.4 Å². The first-order chi connectivity index (χ1) is 24.7. The van der Waals surface area contributed by atoms with Gasteiger partial charge in [0.15, 0.2) is 0 Å². The van der Waals surface area contributed by atoms with E-state index in [9.17, 15) is 9.59 Å². The van der Waals surface area contributed by atoms with Crippen LogP contribution < -0.4 is 26.2 Å². The van der Waals surface area contributed by atoms with E-state index in [1.54, 1.807) is 23.2 Å². The summed E-state index contributed by atoms with van der Waals surface area (Å²) in [7, 11) is 3.36. The van der Waals surface area contributed by atoms with Crippen LogP contribution in [-0.2, 0) is 29.7 Å². The van der Waals surface area contributed by atoms with Crippen molar-refractivity contribution in [3.05, 3.63) is 92.6 Å². The summed E-state index contributed by atoms with van der Waals surface area (Å²) in [6.45, 7) is 3.43. The monoisotopic (exact) mass is 727 g/mol. The van der Waals surface area contributed by atoms with E-state index in [1.807, 2.05) is 60.8 Å². The zero-order valence-electron chi connectivity index (χ0n) is 28.5. The van der Waals surface area contributed by atoms with Crippen LogP contribution in [0, 0.1) is 5.41 Å². The summed E-state index contributed by atoms with van der Waals surface area (Å²) in [5.41, 5.74) is 6.06. The molecule has 5 aromatic rings. The van der Waals surface area contributed by atoms with Crippen LogP contribution in [-0.4, -0.2) is 64.0 Å². The van der Waals surface area contributed by atoms with Crippen LogP contribution in [0.5, 0.6) is 5.88 Å². The van der Waals surface area contributed by atoms with Crippen molar-refractivity contribution in [1.29, 1.82) is 0 Å². The normalized spacial score (nSPS) is 18.2. The molecule has 2 saturated heterocycles. The highest BCUT2D eigenvalue weighted by Crippen LogP contribution is 2.47. The summed E-state index contributed by atoms with van der Waals surface area (Å²) < 4.78 is 14.3. The van der Waals surface area contributed by atoms with Gasteiger partial charge < -0.3 is 25.4 Å². The molecule has 1 unspecified atom stereocenters. The number of rotatable bonds is 11. The van der Waals surface area contributed by atoms with Crippen LogP contribution >= 0.6 is 23.2 Å². The lowest BCUT2D eigenvalue weighted by atomic mass is 9.64. The molecule has 1 saturated carbocycles. The third-order valence-electron chi connectivity index (χ3n) is 10.5. The van der Waals surface area contributed by atoms with Crippen molar-refractivity contribution in [3.8, 4) is 39.4 Å². The number of ether oxygens (including phenoxy) is 2. The molecule has 0 bridgehead atoms. The van der Waals surface area contributed by atoms with Crippen LogP contribution in [0.4, 0.5) is 0 Å². The first-order valence-corrected chi connectivity index (χ1v) is 18.0. The maximum Gasteiger partial charge on any atom is 0.277 e. The summed E-state index contributed by atoms with van der Waals surface area (Å²) in [6, 6.07) is 17.9. The molecule has 1 spiro atoms. The summed E-state index contributed by atoms with van der Waals surface area (Å²) in [4.78, 5) is 29.8. The Balaban J connectivity index is 1.03. The number of nitrogens with zero attached hydrogens (tertiary/aromatic N) is 4. The number of fused-ring (bicyclic) bond motifs is 1. The highest BCUT2D eigenvalue weighted by atomic mass is 35.5. The largest absolute Gasteiger partial charge is 0.481 e. The molecular formula is C38H39Cl2N7O4. The number of hydrogen-bond acceptors (Lipinski definition) is 8. The SMILES string of the molecule is COc1nc(-c2cccc(-c3cccc(-c4cc5c(=O)n(C)c(CNC6CC7(COC7)C6)nn5c4)c3Cl)c2Cl)ccc1CNCC1CCC(=O)N1. The molecule has 3 aliphatic rings. The van der Waals surface area contributed by atoms with Gasteiger partial charge in [0.1, 0.15) is 11.3 Å². The molecule has 2 aromatic carbocycles. The van der Waals surface area contributed by atoms with Crippen molar-refractivity contribution in [2.24, 2.45) is 12.5 Å². The number of methoxy groups -OCH3 is 1. The van der Waals surface area contributed by atoms with Gasteiger partial charge in [-0.25, -0.2) is 9.50 Å². The molecule has 1 aliphatic carbocycles. The van der Waals surface area contributed by atoms with Crippen molar-refractivity contribution < 1.29 is 14.3 Å². The summed E-state index contributed by atoms with van der Waals surface area (Å²) in [5, 5.41) is 15.8. The van der Waals surface area contributed by atoms with E-state index in [-0.39, 0.29) is 17.5 Å². The lowest BCUT2D eigenvalue weighted by Gasteiger charge is -2.53.